The summed E-state index contributed by atoms with van der Waals surface area (Å²) in [5.74, 6) is 0. The number of ether oxygens (including phenoxy) is 1. The molecule has 5 nitrogen and oxygen atoms in total. The molecule has 2 unspecified atom stereocenters. The van der Waals surface area contributed by atoms with Gasteiger partial charge in [-0.3, -0.25) is 0 Å². The maximum Gasteiger partial charge on any atom is 0.407 e. The molecule has 0 spiro atoms. The van der Waals surface area contributed by atoms with Crippen molar-refractivity contribution in [1.82, 2.24) is 4.90 Å². The highest BCUT2D eigenvalue weighted by Crippen LogP contribution is 2.19. The Kier molecular flexibility index (Phi) is 4.83. The molecule has 1 N–H and O–H groups in total. The zero-order valence-corrected chi connectivity index (χ0v) is 11.6. The Balaban J connectivity index is 2.04. The molecule has 1 aliphatic heterocycles. The summed E-state index contributed by atoms with van der Waals surface area (Å²) < 4.78 is 5.55. The molecule has 0 bridgehead atoms. The van der Waals surface area contributed by atoms with Crippen LogP contribution in [0.25, 0.3) is 0 Å². The number of rotatable bonds is 3. The van der Waals surface area contributed by atoms with Crippen LogP contribution in [0.15, 0.2) is 24.3 Å². The lowest BCUT2D eigenvalue weighted by Gasteiger charge is -2.37. The lowest BCUT2D eigenvalue weighted by atomic mass is 10.0. The molecule has 2 rings (SSSR count). The van der Waals surface area contributed by atoms with Crippen molar-refractivity contribution < 1.29 is 14.6 Å². The van der Waals surface area contributed by atoms with Crippen LogP contribution in [0.1, 0.15) is 12.0 Å². The van der Waals surface area contributed by atoms with E-state index in [1.54, 1.807) is 12.1 Å². The molecular formula is C14H15ClN2O3. The van der Waals surface area contributed by atoms with Crippen LogP contribution in [0.2, 0.25) is 5.02 Å². The van der Waals surface area contributed by atoms with Crippen molar-refractivity contribution in [2.45, 2.75) is 25.0 Å². The molecule has 20 heavy (non-hydrogen) atoms. The number of benzene rings is 1. The Morgan fingerprint density at radius 1 is 1.50 bits per heavy atom. The first-order chi connectivity index (χ1) is 9.60. The normalized spacial score (nSPS) is 22.3. The molecular weight excluding hydrogens is 280 g/mol. The predicted molar refractivity (Wildman–Crippen MR) is 73.6 cm³/mol. The smallest absolute Gasteiger partial charge is 0.407 e. The quantitative estimate of drug-likeness (QED) is 0.929. The van der Waals surface area contributed by atoms with Gasteiger partial charge in [-0.25, -0.2) is 4.79 Å². The highest BCUT2D eigenvalue weighted by Gasteiger charge is 2.32. The fraction of sp³-hybridized carbons (Fsp3) is 0.429. The molecule has 1 amide bonds. The second kappa shape index (κ2) is 6.60. The van der Waals surface area contributed by atoms with Gasteiger partial charge in [0.25, 0.3) is 0 Å². The fourth-order valence-corrected chi connectivity index (χ4v) is 2.41. The van der Waals surface area contributed by atoms with Gasteiger partial charge in [0.05, 0.1) is 37.8 Å². The molecule has 2 atom stereocenters. The number of morpholine rings is 1. The van der Waals surface area contributed by atoms with E-state index >= 15 is 0 Å². The van der Waals surface area contributed by atoms with E-state index in [9.17, 15) is 9.90 Å². The number of halogens is 1. The average Bonchev–Trinajstić information content (AvgIpc) is 2.43. The van der Waals surface area contributed by atoms with Crippen LogP contribution in [0.4, 0.5) is 4.79 Å². The van der Waals surface area contributed by atoms with Crippen LogP contribution in [0.5, 0.6) is 0 Å². The van der Waals surface area contributed by atoms with Gasteiger partial charge in [-0.15, -0.1) is 0 Å². The molecule has 1 heterocycles. The summed E-state index contributed by atoms with van der Waals surface area (Å²) in [6.07, 6.45) is -0.534. The van der Waals surface area contributed by atoms with Gasteiger partial charge in [-0.1, -0.05) is 23.7 Å². The van der Waals surface area contributed by atoms with Crippen molar-refractivity contribution in [3.05, 3.63) is 34.9 Å². The second-order valence-electron chi connectivity index (χ2n) is 4.74. The first kappa shape index (κ1) is 14.6. The first-order valence-corrected chi connectivity index (χ1v) is 6.70. The van der Waals surface area contributed by atoms with Crippen molar-refractivity contribution in [1.29, 1.82) is 5.26 Å². The molecule has 0 aromatic heterocycles. The van der Waals surface area contributed by atoms with Crippen LogP contribution >= 0.6 is 11.6 Å². The minimum atomic E-state index is -0.977. The summed E-state index contributed by atoms with van der Waals surface area (Å²) in [5, 5.41) is 18.6. The maximum absolute atomic E-state index is 11.3. The molecule has 0 radical (unpaired) electrons. The van der Waals surface area contributed by atoms with Crippen LogP contribution in [0, 0.1) is 11.3 Å². The Morgan fingerprint density at radius 3 is 2.80 bits per heavy atom. The van der Waals surface area contributed by atoms with Crippen LogP contribution in [0.3, 0.4) is 0 Å². The second-order valence-corrected chi connectivity index (χ2v) is 5.17. The van der Waals surface area contributed by atoms with Crippen molar-refractivity contribution in [3.8, 4) is 6.07 Å². The lowest BCUT2D eigenvalue weighted by molar-refractivity contribution is -0.0510. The maximum atomic E-state index is 11.3. The van der Waals surface area contributed by atoms with Crippen LogP contribution in [-0.2, 0) is 11.2 Å². The van der Waals surface area contributed by atoms with E-state index in [0.29, 0.717) is 18.1 Å². The van der Waals surface area contributed by atoms with Gasteiger partial charge < -0.3 is 14.7 Å². The topological polar surface area (TPSA) is 73.6 Å². The summed E-state index contributed by atoms with van der Waals surface area (Å²) in [6, 6.07) is 9.10. The van der Waals surface area contributed by atoms with E-state index < -0.39 is 6.09 Å². The number of amides is 1. The summed E-state index contributed by atoms with van der Waals surface area (Å²) in [5.41, 5.74) is 1.01. The Labute approximate surface area is 122 Å². The highest BCUT2D eigenvalue weighted by atomic mass is 35.5. The molecule has 0 aliphatic carbocycles. The number of carbonyl (C=O) groups is 1. The molecule has 1 fully saturated rings. The van der Waals surface area contributed by atoms with E-state index in [-0.39, 0.29) is 25.1 Å². The van der Waals surface area contributed by atoms with Gasteiger partial charge in [0.1, 0.15) is 0 Å². The van der Waals surface area contributed by atoms with E-state index in [1.807, 2.05) is 18.2 Å². The summed E-state index contributed by atoms with van der Waals surface area (Å²) in [4.78, 5) is 12.7. The molecule has 1 aliphatic rings. The molecule has 1 aromatic carbocycles. The Morgan fingerprint density at radius 2 is 2.20 bits per heavy atom. The Bertz CT molecular complexity index is 512. The third kappa shape index (κ3) is 3.62. The van der Waals surface area contributed by atoms with Crippen LogP contribution < -0.4 is 0 Å². The first-order valence-electron chi connectivity index (χ1n) is 6.32. The number of nitrogens with zero attached hydrogens (tertiary/aromatic N) is 2. The highest BCUT2D eigenvalue weighted by molar-refractivity contribution is 6.30. The molecule has 1 aromatic rings. The van der Waals surface area contributed by atoms with Crippen molar-refractivity contribution >= 4 is 17.7 Å². The molecule has 106 valence electrons. The average molecular weight is 295 g/mol. The number of nitriles is 1. The van der Waals surface area contributed by atoms with Crippen molar-refractivity contribution in [3.63, 3.8) is 0 Å². The molecule has 0 saturated carbocycles. The standard InChI is InChI=1S/C14H15ClN2O3/c15-11-3-1-10(2-4-11)7-12-9-20-13(5-6-16)8-17(12)14(18)19/h1-4,12-13H,5,7-9H2,(H,18,19). The van der Waals surface area contributed by atoms with Gasteiger partial charge in [-0.05, 0) is 24.1 Å². The zero-order valence-electron chi connectivity index (χ0n) is 10.8. The zero-order chi connectivity index (χ0) is 14.5. The van der Waals surface area contributed by atoms with Crippen LogP contribution in [-0.4, -0.2) is 41.4 Å². The van der Waals surface area contributed by atoms with Gasteiger partial charge in [0.15, 0.2) is 0 Å². The van der Waals surface area contributed by atoms with Gasteiger partial charge in [0.2, 0.25) is 0 Å². The third-order valence-corrected chi connectivity index (χ3v) is 3.57. The van der Waals surface area contributed by atoms with E-state index in [1.165, 1.54) is 4.90 Å². The number of carboxylic acid groups (broad SMARTS) is 1. The monoisotopic (exact) mass is 294 g/mol. The van der Waals surface area contributed by atoms with E-state index in [0.717, 1.165) is 5.56 Å². The minimum Gasteiger partial charge on any atom is -0.465 e. The number of hydrogen-bond donors (Lipinski definition) is 1. The van der Waals surface area contributed by atoms with E-state index in [2.05, 4.69) is 0 Å². The summed E-state index contributed by atoms with van der Waals surface area (Å²) in [7, 11) is 0. The van der Waals surface area contributed by atoms with Gasteiger partial charge in [-0.2, -0.15) is 5.26 Å². The number of hydrogen-bond acceptors (Lipinski definition) is 3. The minimum absolute atomic E-state index is 0.206. The van der Waals surface area contributed by atoms with Crippen molar-refractivity contribution in [2.75, 3.05) is 13.2 Å². The molecule has 6 heteroatoms. The van der Waals surface area contributed by atoms with E-state index in [4.69, 9.17) is 21.6 Å². The summed E-state index contributed by atoms with van der Waals surface area (Å²) in [6.45, 7) is 0.544. The largest absolute Gasteiger partial charge is 0.465 e. The predicted octanol–water partition coefficient (Wildman–Crippen LogP) is 2.54. The van der Waals surface area contributed by atoms with Crippen molar-refractivity contribution in [2.24, 2.45) is 0 Å². The Hall–Kier alpha value is -1.77. The SMILES string of the molecule is N#CCC1CN(C(=O)O)C(Cc2ccc(Cl)cc2)CO1. The summed E-state index contributed by atoms with van der Waals surface area (Å²) >= 11 is 5.83. The lowest BCUT2D eigenvalue weighted by Crippen LogP contribution is -2.52. The van der Waals surface area contributed by atoms with Gasteiger partial charge in [0, 0.05) is 5.02 Å². The van der Waals surface area contributed by atoms with Gasteiger partial charge >= 0.3 is 6.09 Å². The fourth-order valence-electron chi connectivity index (χ4n) is 2.28. The third-order valence-electron chi connectivity index (χ3n) is 3.31. The molecule has 1 saturated heterocycles.